The number of hydrogen-bond acceptors (Lipinski definition) is 2. The number of aryl methyl sites for hydroxylation is 1. The maximum absolute atomic E-state index is 12.0. The molecule has 0 aliphatic rings. The lowest BCUT2D eigenvalue weighted by molar-refractivity contribution is 0.0940. The number of amides is 1. The molecule has 3 N–H and O–H groups in total. The van der Waals surface area contributed by atoms with Crippen LogP contribution >= 0.6 is 15.9 Å². The lowest BCUT2D eigenvalue weighted by atomic mass is 10.1. The Morgan fingerprint density at radius 2 is 2.24 bits per heavy atom. The predicted molar refractivity (Wildman–Crippen MR) is 73.0 cm³/mol. The van der Waals surface area contributed by atoms with Gasteiger partial charge in [0.1, 0.15) is 5.69 Å². The number of halogens is 1. The predicted octanol–water partition coefficient (Wildman–Crippen LogP) is 1.98. The zero-order chi connectivity index (χ0) is 13.0. The minimum absolute atomic E-state index is 0.00701. The SMILES string of the molecule is CCn1cc(Br)cc1C(=O)NCC(N)C(C)C. The van der Waals surface area contributed by atoms with Gasteiger partial charge in [-0.05, 0) is 34.8 Å². The van der Waals surface area contributed by atoms with E-state index >= 15 is 0 Å². The molecule has 4 nitrogen and oxygen atoms in total. The first-order chi connectivity index (χ1) is 7.95. The highest BCUT2D eigenvalue weighted by Crippen LogP contribution is 2.14. The Labute approximate surface area is 111 Å². The fraction of sp³-hybridized carbons (Fsp3) is 0.583. The summed E-state index contributed by atoms with van der Waals surface area (Å²) in [4.78, 5) is 12.0. The Kier molecular flexibility index (Phi) is 5.21. The van der Waals surface area contributed by atoms with Crippen molar-refractivity contribution >= 4 is 21.8 Å². The van der Waals surface area contributed by atoms with Gasteiger partial charge in [0.25, 0.3) is 5.91 Å². The Bertz CT molecular complexity index is 387. The molecule has 0 bridgehead atoms. The number of hydrogen-bond donors (Lipinski definition) is 2. The van der Waals surface area contributed by atoms with Gasteiger partial charge in [-0.25, -0.2) is 0 Å². The van der Waals surface area contributed by atoms with Crippen LogP contribution in [0.1, 0.15) is 31.3 Å². The molecule has 17 heavy (non-hydrogen) atoms. The van der Waals surface area contributed by atoms with Crippen molar-refractivity contribution in [3.63, 3.8) is 0 Å². The minimum Gasteiger partial charge on any atom is -0.349 e. The molecule has 1 unspecified atom stereocenters. The third-order valence-electron chi connectivity index (χ3n) is 2.79. The third-order valence-corrected chi connectivity index (χ3v) is 3.22. The van der Waals surface area contributed by atoms with Crippen LogP contribution < -0.4 is 11.1 Å². The van der Waals surface area contributed by atoms with E-state index in [1.54, 1.807) is 0 Å². The topological polar surface area (TPSA) is 60.0 Å². The van der Waals surface area contributed by atoms with Crippen molar-refractivity contribution < 1.29 is 4.79 Å². The maximum atomic E-state index is 12.0. The summed E-state index contributed by atoms with van der Waals surface area (Å²) in [5.74, 6) is 0.286. The highest BCUT2D eigenvalue weighted by Gasteiger charge is 2.14. The van der Waals surface area contributed by atoms with Crippen LogP contribution in [0.5, 0.6) is 0 Å². The monoisotopic (exact) mass is 301 g/mol. The molecule has 0 radical (unpaired) electrons. The molecule has 0 spiro atoms. The summed E-state index contributed by atoms with van der Waals surface area (Å²) >= 11 is 3.37. The summed E-state index contributed by atoms with van der Waals surface area (Å²) in [6, 6.07) is 1.81. The number of rotatable bonds is 5. The summed E-state index contributed by atoms with van der Waals surface area (Å²) in [5.41, 5.74) is 6.55. The number of carbonyl (C=O) groups is 1. The zero-order valence-electron chi connectivity index (χ0n) is 10.5. The van der Waals surface area contributed by atoms with Crippen LogP contribution in [0.15, 0.2) is 16.7 Å². The number of carbonyl (C=O) groups excluding carboxylic acids is 1. The molecule has 0 aliphatic carbocycles. The smallest absolute Gasteiger partial charge is 0.267 e. The Balaban J connectivity index is 2.63. The zero-order valence-corrected chi connectivity index (χ0v) is 12.1. The first-order valence-electron chi connectivity index (χ1n) is 5.85. The van der Waals surface area contributed by atoms with E-state index in [2.05, 4.69) is 21.2 Å². The van der Waals surface area contributed by atoms with Crippen LogP contribution in [0.3, 0.4) is 0 Å². The molecule has 1 heterocycles. The lowest BCUT2D eigenvalue weighted by Crippen LogP contribution is -2.40. The van der Waals surface area contributed by atoms with Gasteiger partial charge in [-0.1, -0.05) is 13.8 Å². The van der Waals surface area contributed by atoms with Crippen LogP contribution in [-0.4, -0.2) is 23.1 Å². The summed E-state index contributed by atoms with van der Waals surface area (Å²) in [7, 11) is 0. The van der Waals surface area contributed by atoms with E-state index in [1.807, 2.05) is 37.6 Å². The van der Waals surface area contributed by atoms with Crippen molar-refractivity contribution in [2.75, 3.05) is 6.54 Å². The van der Waals surface area contributed by atoms with Crippen molar-refractivity contribution in [2.24, 2.45) is 11.7 Å². The Morgan fingerprint density at radius 3 is 2.76 bits per heavy atom. The molecular formula is C12H20BrN3O. The van der Waals surface area contributed by atoms with E-state index in [4.69, 9.17) is 5.73 Å². The van der Waals surface area contributed by atoms with Gasteiger partial charge >= 0.3 is 0 Å². The van der Waals surface area contributed by atoms with E-state index in [0.29, 0.717) is 18.2 Å². The summed E-state index contributed by atoms with van der Waals surface area (Å²) in [6.45, 7) is 7.36. The first kappa shape index (κ1) is 14.3. The molecular weight excluding hydrogens is 282 g/mol. The number of nitrogens with zero attached hydrogens (tertiary/aromatic N) is 1. The van der Waals surface area contributed by atoms with Crippen molar-refractivity contribution in [2.45, 2.75) is 33.4 Å². The van der Waals surface area contributed by atoms with Crippen LogP contribution in [0.25, 0.3) is 0 Å². The summed E-state index contributed by atoms with van der Waals surface area (Å²) < 4.78 is 2.82. The second-order valence-corrected chi connectivity index (χ2v) is 5.36. The summed E-state index contributed by atoms with van der Waals surface area (Å²) in [6.07, 6.45) is 1.90. The second kappa shape index (κ2) is 6.21. The molecule has 1 aromatic rings. The molecule has 1 amide bonds. The molecule has 0 fully saturated rings. The molecule has 1 rings (SSSR count). The van der Waals surface area contributed by atoms with Crippen molar-refractivity contribution in [1.82, 2.24) is 9.88 Å². The minimum atomic E-state index is -0.0753. The highest BCUT2D eigenvalue weighted by atomic mass is 79.9. The van der Waals surface area contributed by atoms with E-state index in [-0.39, 0.29) is 11.9 Å². The average Bonchev–Trinajstić information content (AvgIpc) is 2.66. The molecule has 5 heteroatoms. The fourth-order valence-corrected chi connectivity index (χ4v) is 1.93. The van der Waals surface area contributed by atoms with Gasteiger partial charge < -0.3 is 15.6 Å². The van der Waals surface area contributed by atoms with Crippen LogP contribution in [-0.2, 0) is 6.54 Å². The normalized spacial score (nSPS) is 12.8. The number of nitrogens with one attached hydrogen (secondary N) is 1. The fourth-order valence-electron chi connectivity index (χ4n) is 1.46. The maximum Gasteiger partial charge on any atom is 0.267 e. The largest absolute Gasteiger partial charge is 0.349 e. The lowest BCUT2D eigenvalue weighted by Gasteiger charge is -2.16. The van der Waals surface area contributed by atoms with Gasteiger partial charge in [0.15, 0.2) is 0 Å². The number of aromatic nitrogens is 1. The Morgan fingerprint density at radius 1 is 1.59 bits per heavy atom. The quantitative estimate of drug-likeness (QED) is 0.874. The van der Waals surface area contributed by atoms with Crippen LogP contribution in [0.2, 0.25) is 0 Å². The van der Waals surface area contributed by atoms with Gasteiger partial charge in [0, 0.05) is 29.8 Å². The first-order valence-corrected chi connectivity index (χ1v) is 6.64. The van der Waals surface area contributed by atoms with Crippen LogP contribution in [0.4, 0.5) is 0 Å². The molecule has 1 aromatic heterocycles. The van der Waals surface area contributed by atoms with E-state index in [0.717, 1.165) is 11.0 Å². The summed E-state index contributed by atoms with van der Waals surface area (Å²) in [5, 5.41) is 2.86. The standard InChI is InChI=1S/C12H20BrN3O/c1-4-16-7-9(13)5-11(16)12(17)15-6-10(14)8(2)3/h5,7-8,10H,4,6,14H2,1-3H3,(H,15,17). The molecule has 1 atom stereocenters. The van der Waals surface area contributed by atoms with E-state index in [1.165, 1.54) is 0 Å². The van der Waals surface area contributed by atoms with Gasteiger partial charge in [-0.2, -0.15) is 0 Å². The third kappa shape index (κ3) is 3.85. The van der Waals surface area contributed by atoms with Crippen LogP contribution in [0, 0.1) is 5.92 Å². The van der Waals surface area contributed by atoms with Gasteiger partial charge in [-0.15, -0.1) is 0 Å². The molecule has 0 saturated heterocycles. The Hall–Kier alpha value is -0.810. The average molecular weight is 302 g/mol. The van der Waals surface area contributed by atoms with Gasteiger partial charge in [0.05, 0.1) is 0 Å². The van der Waals surface area contributed by atoms with E-state index in [9.17, 15) is 4.79 Å². The molecule has 0 aliphatic heterocycles. The molecule has 96 valence electrons. The van der Waals surface area contributed by atoms with E-state index < -0.39 is 0 Å². The molecule has 0 aromatic carbocycles. The van der Waals surface area contributed by atoms with Crippen molar-refractivity contribution in [1.29, 1.82) is 0 Å². The van der Waals surface area contributed by atoms with Crippen molar-refractivity contribution in [3.05, 3.63) is 22.4 Å². The highest BCUT2D eigenvalue weighted by molar-refractivity contribution is 9.10. The molecule has 0 saturated carbocycles. The van der Waals surface area contributed by atoms with Gasteiger partial charge in [-0.3, -0.25) is 4.79 Å². The van der Waals surface area contributed by atoms with Crippen molar-refractivity contribution in [3.8, 4) is 0 Å². The van der Waals surface area contributed by atoms with Gasteiger partial charge in [0.2, 0.25) is 0 Å². The number of nitrogens with two attached hydrogens (primary N) is 1. The second-order valence-electron chi connectivity index (χ2n) is 4.45.